The van der Waals surface area contributed by atoms with Crippen LogP contribution in [0.25, 0.3) is 0 Å². The maximum atomic E-state index is 12.7. The zero-order chi connectivity index (χ0) is 17.4. The Morgan fingerprint density at radius 3 is 2.33 bits per heavy atom. The summed E-state index contributed by atoms with van der Waals surface area (Å²) in [6.07, 6.45) is 8.91. The van der Waals surface area contributed by atoms with E-state index in [1.165, 1.54) is 6.42 Å². The molecule has 2 N–H and O–H groups in total. The molecule has 0 radical (unpaired) electrons. The molecule has 2 aliphatic rings. The van der Waals surface area contributed by atoms with E-state index in [0.29, 0.717) is 18.2 Å². The molecule has 2 saturated heterocycles. The number of carbonyl (C=O) groups excluding carboxylic acids is 2. The topological polar surface area (TPSA) is 66.6 Å². The van der Waals surface area contributed by atoms with E-state index in [2.05, 4.69) is 11.8 Å². The van der Waals surface area contributed by atoms with Crippen molar-refractivity contribution in [2.24, 2.45) is 17.6 Å². The SMILES string of the molecule is CC1CCCN(C(=O)C2CCN(C(=O)CCCCCCN)CC2)C1. The molecule has 1 unspecified atom stereocenters. The average Bonchev–Trinajstić information content (AvgIpc) is 2.61. The highest BCUT2D eigenvalue weighted by atomic mass is 16.2. The highest BCUT2D eigenvalue weighted by Gasteiger charge is 2.31. The lowest BCUT2D eigenvalue weighted by Gasteiger charge is -2.37. The van der Waals surface area contributed by atoms with E-state index in [0.717, 1.165) is 77.7 Å². The van der Waals surface area contributed by atoms with Crippen LogP contribution in [0.2, 0.25) is 0 Å². The molecular weight excluding hydrogens is 302 g/mol. The molecule has 0 aromatic heterocycles. The summed E-state index contributed by atoms with van der Waals surface area (Å²) in [5, 5.41) is 0. The molecular formula is C19H35N3O2. The number of hydrogen-bond donors (Lipinski definition) is 1. The standard InChI is InChI=1S/C19H35N3O2/c1-16-7-6-12-22(15-16)19(24)17-9-13-21(14-10-17)18(23)8-4-2-3-5-11-20/h16-17H,2-15,20H2,1H3. The van der Waals surface area contributed by atoms with Crippen molar-refractivity contribution in [1.29, 1.82) is 0 Å². The number of hydrogen-bond acceptors (Lipinski definition) is 3. The van der Waals surface area contributed by atoms with E-state index >= 15 is 0 Å². The molecule has 24 heavy (non-hydrogen) atoms. The van der Waals surface area contributed by atoms with Crippen LogP contribution in [0, 0.1) is 11.8 Å². The third-order valence-corrected chi connectivity index (χ3v) is 5.51. The fourth-order valence-corrected chi connectivity index (χ4v) is 3.96. The second-order valence-electron chi connectivity index (χ2n) is 7.64. The van der Waals surface area contributed by atoms with Crippen molar-refractivity contribution in [3.63, 3.8) is 0 Å². The summed E-state index contributed by atoms with van der Waals surface area (Å²) in [6.45, 7) is 6.31. The molecule has 5 heteroatoms. The molecule has 2 heterocycles. The number of unbranched alkanes of at least 4 members (excludes halogenated alkanes) is 3. The molecule has 2 aliphatic heterocycles. The maximum Gasteiger partial charge on any atom is 0.225 e. The first kappa shape index (κ1) is 19.2. The molecule has 2 amide bonds. The molecule has 0 aromatic carbocycles. The van der Waals surface area contributed by atoms with E-state index in [1.807, 2.05) is 4.90 Å². The van der Waals surface area contributed by atoms with Crippen LogP contribution in [0.1, 0.15) is 64.7 Å². The lowest BCUT2D eigenvalue weighted by Crippen LogP contribution is -2.46. The van der Waals surface area contributed by atoms with Crippen LogP contribution in [-0.2, 0) is 9.59 Å². The number of carbonyl (C=O) groups is 2. The van der Waals surface area contributed by atoms with Crippen LogP contribution >= 0.6 is 0 Å². The molecule has 0 spiro atoms. The van der Waals surface area contributed by atoms with Crippen molar-refractivity contribution in [2.75, 3.05) is 32.7 Å². The van der Waals surface area contributed by atoms with Gasteiger partial charge in [0.25, 0.3) is 0 Å². The lowest BCUT2D eigenvalue weighted by atomic mass is 9.92. The van der Waals surface area contributed by atoms with E-state index in [4.69, 9.17) is 5.73 Å². The van der Waals surface area contributed by atoms with Gasteiger partial charge in [0, 0.05) is 38.5 Å². The summed E-state index contributed by atoms with van der Waals surface area (Å²) in [5.41, 5.74) is 5.48. The van der Waals surface area contributed by atoms with Gasteiger partial charge in [-0.15, -0.1) is 0 Å². The van der Waals surface area contributed by atoms with Crippen molar-refractivity contribution in [3.8, 4) is 0 Å². The zero-order valence-corrected chi connectivity index (χ0v) is 15.3. The summed E-state index contributed by atoms with van der Waals surface area (Å²) in [7, 11) is 0. The highest BCUT2D eigenvalue weighted by molar-refractivity contribution is 5.80. The number of nitrogens with two attached hydrogens (primary N) is 1. The number of piperidine rings is 2. The molecule has 2 fully saturated rings. The van der Waals surface area contributed by atoms with Gasteiger partial charge < -0.3 is 15.5 Å². The van der Waals surface area contributed by atoms with Crippen LogP contribution in [0.4, 0.5) is 0 Å². The van der Waals surface area contributed by atoms with Crippen LogP contribution < -0.4 is 5.73 Å². The Balaban J connectivity index is 1.67. The van der Waals surface area contributed by atoms with Crippen LogP contribution in [-0.4, -0.2) is 54.3 Å². The van der Waals surface area contributed by atoms with Gasteiger partial charge in [-0.2, -0.15) is 0 Å². The van der Waals surface area contributed by atoms with Crippen molar-refractivity contribution in [2.45, 2.75) is 64.7 Å². The van der Waals surface area contributed by atoms with Crippen molar-refractivity contribution in [3.05, 3.63) is 0 Å². The quantitative estimate of drug-likeness (QED) is 0.725. The summed E-state index contributed by atoms with van der Waals surface area (Å²) in [6, 6.07) is 0. The van der Waals surface area contributed by atoms with Gasteiger partial charge in [0.05, 0.1) is 0 Å². The fourth-order valence-electron chi connectivity index (χ4n) is 3.96. The van der Waals surface area contributed by atoms with Gasteiger partial charge >= 0.3 is 0 Å². The Hall–Kier alpha value is -1.10. The molecule has 5 nitrogen and oxygen atoms in total. The largest absolute Gasteiger partial charge is 0.343 e. The number of amides is 2. The summed E-state index contributed by atoms with van der Waals surface area (Å²) >= 11 is 0. The summed E-state index contributed by atoms with van der Waals surface area (Å²) in [4.78, 5) is 28.9. The zero-order valence-electron chi connectivity index (χ0n) is 15.3. The minimum absolute atomic E-state index is 0.129. The van der Waals surface area contributed by atoms with Gasteiger partial charge in [0.1, 0.15) is 0 Å². The second kappa shape index (κ2) is 10.0. The molecule has 2 rings (SSSR count). The van der Waals surface area contributed by atoms with E-state index in [9.17, 15) is 9.59 Å². The van der Waals surface area contributed by atoms with Gasteiger partial charge in [-0.05, 0) is 51.0 Å². The third kappa shape index (κ3) is 5.76. The van der Waals surface area contributed by atoms with Crippen molar-refractivity contribution in [1.82, 2.24) is 9.80 Å². The van der Waals surface area contributed by atoms with E-state index in [1.54, 1.807) is 0 Å². The number of nitrogens with zero attached hydrogens (tertiary/aromatic N) is 2. The molecule has 0 bridgehead atoms. The molecule has 138 valence electrons. The monoisotopic (exact) mass is 337 g/mol. The Labute approximate surface area is 146 Å². The number of likely N-dealkylation sites (tertiary alicyclic amines) is 2. The van der Waals surface area contributed by atoms with Gasteiger partial charge in [0.2, 0.25) is 11.8 Å². The average molecular weight is 338 g/mol. The molecule has 0 aromatic rings. The van der Waals surface area contributed by atoms with Crippen molar-refractivity contribution < 1.29 is 9.59 Å². The van der Waals surface area contributed by atoms with Crippen LogP contribution in [0.3, 0.4) is 0 Å². The Morgan fingerprint density at radius 2 is 1.67 bits per heavy atom. The normalized spacial score (nSPS) is 22.7. The smallest absolute Gasteiger partial charge is 0.225 e. The highest BCUT2D eigenvalue weighted by Crippen LogP contribution is 2.24. The minimum Gasteiger partial charge on any atom is -0.343 e. The molecule has 0 aliphatic carbocycles. The van der Waals surface area contributed by atoms with Gasteiger partial charge in [-0.3, -0.25) is 9.59 Å². The first-order valence-electron chi connectivity index (χ1n) is 9.88. The van der Waals surface area contributed by atoms with Crippen LogP contribution in [0.5, 0.6) is 0 Å². The lowest BCUT2D eigenvalue weighted by molar-refractivity contribution is -0.142. The predicted molar refractivity (Wildman–Crippen MR) is 96.4 cm³/mol. The van der Waals surface area contributed by atoms with E-state index < -0.39 is 0 Å². The Kier molecular flexibility index (Phi) is 8.03. The van der Waals surface area contributed by atoms with Crippen molar-refractivity contribution >= 4 is 11.8 Å². The second-order valence-corrected chi connectivity index (χ2v) is 7.64. The summed E-state index contributed by atoms with van der Waals surface area (Å²) in [5.74, 6) is 1.35. The van der Waals surface area contributed by atoms with E-state index in [-0.39, 0.29) is 11.8 Å². The predicted octanol–water partition coefficient (Wildman–Crippen LogP) is 2.39. The minimum atomic E-state index is 0.129. The molecule has 1 atom stereocenters. The van der Waals surface area contributed by atoms with Gasteiger partial charge in [-0.25, -0.2) is 0 Å². The van der Waals surface area contributed by atoms with Gasteiger partial charge in [0.15, 0.2) is 0 Å². The number of rotatable bonds is 7. The first-order valence-corrected chi connectivity index (χ1v) is 9.88. The summed E-state index contributed by atoms with van der Waals surface area (Å²) < 4.78 is 0. The third-order valence-electron chi connectivity index (χ3n) is 5.51. The van der Waals surface area contributed by atoms with Crippen LogP contribution in [0.15, 0.2) is 0 Å². The van der Waals surface area contributed by atoms with Gasteiger partial charge in [-0.1, -0.05) is 19.8 Å². The Morgan fingerprint density at radius 1 is 0.958 bits per heavy atom. The molecule has 0 saturated carbocycles. The Bertz CT molecular complexity index is 405. The maximum absolute atomic E-state index is 12.7. The first-order chi connectivity index (χ1) is 11.6. The fraction of sp³-hybridized carbons (Fsp3) is 0.895.